The highest BCUT2D eigenvalue weighted by Gasteiger charge is 2.16. The normalized spacial score (nSPS) is 12.7. The Morgan fingerprint density at radius 3 is 2.59 bits per heavy atom. The van der Waals surface area contributed by atoms with E-state index in [1.54, 1.807) is 24.3 Å². The van der Waals surface area contributed by atoms with Crippen LogP contribution < -0.4 is 10.4 Å². The number of esters is 1. The maximum atomic E-state index is 12.4. The molecule has 0 saturated heterocycles. The first kappa shape index (κ1) is 19.2. The molecular formula is C24H24O5. The molecule has 0 spiro atoms. The molecule has 4 rings (SSSR count). The summed E-state index contributed by atoms with van der Waals surface area (Å²) in [4.78, 5) is 24.4. The molecule has 0 aliphatic heterocycles. The van der Waals surface area contributed by atoms with Crippen LogP contribution in [-0.4, -0.2) is 12.6 Å². The number of ether oxygens (including phenoxy) is 2. The molecule has 3 aromatic rings. The highest BCUT2D eigenvalue weighted by atomic mass is 16.5. The van der Waals surface area contributed by atoms with Gasteiger partial charge in [0, 0.05) is 17.0 Å². The van der Waals surface area contributed by atoms with E-state index in [9.17, 15) is 9.59 Å². The maximum Gasteiger partial charge on any atom is 0.338 e. The van der Waals surface area contributed by atoms with Crippen molar-refractivity contribution in [1.29, 1.82) is 0 Å². The lowest BCUT2D eigenvalue weighted by atomic mass is 10.0. The molecule has 0 N–H and O–H groups in total. The van der Waals surface area contributed by atoms with Gasteiger partial charge in [0.25, 0.3) is 0 Å². The second kappa shape index (κ2) is 8.52. The maximum absolute atomic E-state index is 12.4. The summed E-state index contributed by atoms with van der Waals surface area (Å²) in [7, 11) is 0. The smallest absolute Gasteiger partial charge is 0.338 e. The van der Waals surface area contributed by atoms with Crippen LogP contribution in [0.5, 0.6) is 5.75 Å². The summed E-state index contributed by atoms with van der Waals surface area (Å²) in [6.45, 7) is 2.79. The van der Waals surface area contributed by atoms with Crippen LogP contribution >= 0.6 is 0 Å². The van der Waals surface area contributed by atoms with Crippen molar-refractivity contribution < 1.29 is 18.7 Å². The third-order valence-corrected chi connectivity index (χ3v) is 5.26. The standard InChI is InChI=1S/C24H24O5/c1-2-3-11-27-20-9-7-16(8-10-20)24(26)28-15-19-14-23(25)29-22-13-18-6-4-5-17(18)12-21(19)22/h7-10,12-14H,2-6,11,15H2,1H3. The Morgan fingerprint density at radius 1 is 1.07 bits per heavy atom. The predicted octanol–water partition coefficient (Wildman–Crippen LogP) is 4.82. The van der Waals surface area contributed by atoms with Crippen molar-refractivity contribution in [2.45, 2.75) is 45.6 Å². The third-order valence-electron chi connectivity index (χ3n) is 5.26. The van der Waals surface area contributed by atoms with E-state index >= 15 is 0 Å². The number of carbonyl (C=O) groups is 1. The summed E-state index contributed by atoms with van der Waals surface area (Å²) in [6.07, 6.45) is 5.20. The minimum absolute atomic E-state index is 0.0223. The number of carbonyl (C=O) groups excluding carboxylic acids is 1. The van der Waals surface area contributed by atoms with Gasteiger partial charge in [-0.1, -0.05) is 13.3 Å². The highest BCUT2D eigenvalue weighted by molar-refractivity contribution is 5.90. The molecule has 0 fully saturated rings. The van der Waals surface area contributed by atoms with E-state index in [0.29, 0.717) is 23.3 Å². The van der Waals surface area contributed by atoms with Crippen LogP contribution in [0.3, 0.4) is 0 Å². The molecule has 0 bridgehead atoms. The number of hydrogen-bond acceptors (Lipinski definition) is 5. The lowest BCUT2D eigenvalue weighted by Gasteiger charge is -2.10. The number of rotatable bonds is 7. The number of benzene rings is 2. The molecule has 2 aromatic carbocycles. The molecule has 0 saturated carbocycles. The van der Waals surface area contributed by atoms with E-state index in [-0.39, 0.29) is 6.61 Å². The molecule has 0 atom stereocenters. The van der Waals surface area contributed by atoms with E-state index in [2.05, 4.69) is 13.0 Å². The fraction of sp³-hybridized carbons (Fsp3) is 0.333. The Hall–Kier alpha value is -3.08. The topological polar surface area (TPSA) is 65.7 Å². The summed E-state index contributed by atoms with van der Waals surface area (Å²) in [6, 6.07) is 12.3. The molecule has 0 radical (unpaired) electrons. The van der Waals surface area contributed by atoms with Crippen LogP contribution in [0.4, 0.5) is 0 Å². The molecule has 1 aromatic heterocycles. The minimum atomic E-state index is -0.437. The molecule has 1 aliphatic rings. The first-order valence-electron chi connectivity index (χ1n) is 10.1. The molecule has 29 heavy (non-hydrogen) atoms. The van der Waals surface area contributed by atoms with Crippen LogP contribution in [0.1, 0.15) is 53.2 Å². The zero-order valence-electron chi connectivity index (χ0n) is 16.5. The van der Waals surface area contributed by atoms with Crippen molar-refractivity contribution in [3.63, 3.8) is 0 Å². The Kier molecular flexibility index (Phi) is 5.65. The van der Waals surface area contributed by atoms with E-state index < -0.39 is 11.6 Å². The number of fused-ring (bicyclic) bond motifs is 2. The molecule has 5 nitrogen and oxygen atoms in total. The van der Waals surface area contributed by atoms with Gasteiger partial charge in [-0.05, 0) is 73.2 Å². The van der Waals surface area contributed by atoms with Crippen LogP contribution in [-0.2, 0) is 24.2 Å². The van der Waals surface area contributed by atoms with Gasteiger partial charge in [-0.3, -0.25) is 0 Å². The van der Waals surface area contributed by atoms with Crippen molar-refractivity contribution in [2.24, 2.45) is 0 Å². The zero-order chi connectivity index (χ0) is 20.2. The molecule has 1 aliphatic carbocycles. The molecule has 1 heterocycles. The Labute approximate surface area is 169 Å². The summed E-state index contributed by atoms with van der Waals surface area (Å²) in [5.74, 6) is 0.295. The predicted molar refractivity (Wildman–Crippen MR) is 110 cm³/mol. The SMILES string of the molecule is CCCCOc1ccc(C(=O)OCc2cc(=O)oc3cc4c(cc23)CCC4)cc1. The molecular weight excluding hydrogens is 368 g/mol. The van der Waals surface area contributed by atoms with Crippen LogP contribution in [0, 0.1) is 0 Å². The number of aryl methyl sites for hydroxylation is 2. The Morgan fingerprint density at radius 2 is 1.83 bits per heavy atom. The third kappa shape index (κ3) is 4.34. The van der Waals surface area contributed by atoms with Crippen molar-refractivity contribution >= 4 is 16.9 Å². The largest absolute Gasteiger partial charge is 0.494 e. The lowest BCUT2D eigenvalue weighted by Crippen LogP contribution is -2.08. The van der Waals surface area contributed by atoms with Gasteiger partial charge < -0.3 is 13.9 Å². The quantitative estimate of drug-likeness (QED) is 0.328. The monoisotopic (exact) mass is 392 g/mol. The van der Waals surface area contributed by atoms with Gasteiger partial charge in [0.1, 0.15) is 17.9 Å². The van der Waals surface area contributed by atoms with E-state index in [0.717, 1.165) is 43.2 Å². The molecule has 0 unspecified atom stereocenters. The van der Waals surface area contributed by atoms with Gasteiger partial charge >= 0.3 is 11.6 Å². The van der Waals surface area contributed by atoms with Gasteiger partial charge in [-0.2, -0.15) is 0 Å². The van der Waals surface area contributed by atoms with Gasteiger partial charge in [-0.15, -0.1) is 0 Å². The first-order valence-corrected chi connectivity index (χ1v) is 10.1. The summed E-state index contributed by atoms with van der Waals surface area (Å²) >= 11 is 0. The Bertz CT molecular complexity index is 1080. The number of hydrogen-bond donors (Lipinski definition) is 0. The summed E-state index contributed by atoms with van der Waals surface area (Å²) in [5.41, 5.74) is 3.74. The van der Waals surface area contributed by atoms with Crippen molar-refractivity contribution in [3.05, 3.63) is 75.1 Å². The zero-order valence-corrected chi connectivity index (χ0v) is 16.5. The minimum Gasteiger partial charge on any atom is -0.494 e. The molecule has 0 amide bonds. The lowest BCUT2D eigenvalue weighted by molar-refractivity contribution is 0.0474. The molecule has 5 heteroatoms. The van der Waals surface area contributed by atoms with Gasteiger partial charge in [0.05, 0.1) is 12.2 Å². The summed E-state index contributed by atoms with van der Waals surface area (Å²) in [5, 5.41) is 0.831. The fourth-order valence-electron chi connectivity index (χ4n) is 3.66. The van der Waals surface area contributed by atoms with Gasteiger partial charge in [0.15, 0.2) is 0 Å². The van der Waals surface area contributed by atoms with E-state index in [4.69, 9.17) is 13.9 Å². The average molecular weight is 392 g/mol. The summed E-state index contributed by atoms with van der Waals surface area (Å²) < 4.78 is 16.4. The fourth-order valence-corrected chi connectivity index (χ4v) is 3.66. The van der Waals surface area contributed by atoms with Crippen LogP contribution in [0.25, 0.3) is 11.0 Å². The second-order valence-corrected chi connectivity index (χ2v) is 7.36. The van der Waals surface area contributed by atoms with E-state index in [1.807, 2.05) is 6.07 Å². The van der Waals surface area contributed by atoms with Gasteiger partial charge in [-0.25, -0.2) is 9.59 Å². The van der Waals surface area contributed by atoms with Crippen LogP contribution in [0.15, 0.2) is 51.7 Å². The second-order valence-electron chi connectivity index (χ2n) is 7.36. The number of unbranched alkanes of at least 4 members (excludes halogenated alkanes) is 1. The van der Waals surface area contributed by atoms with Gasteiger partial charge in [0.2, 0.25) is 0 Å². The van der Waals surface area contributed by atoms with Crippen molar-refractivity contribution in [2.75, 3.05) is 6.61 Å². The van der Waals surface area contributed by atoms with Crippen LogP contribution in [0.2, 0.25) is 0 Å². The molecule has 150 valence electrons. The Balaban J connectivity index is 1.48. The van der Waals surface area contributed by atoms with Crippen molar-refractivity contribution in [1.82, 2.24) is 0 Å². The highest BCUT2D eigenvalue weighted by Crippen LogP contribution is 2.29. The average Bonchev–Trinajstić information content (AvgIpc) is 3.18. The van der Waals surface area contributed by atoms with Crippen molar-refractivity contribution in [3.8, 4) is 5.75 Å². The van der Waals surface area contributed by atoms with E-state index in [1.165, 1.54) is 17.2 Å². The first-order chi connectivity index (χ1) is 14.1.